The molecule has 9 heteroatoms. The predicted molar refractivity (Wildman–Crippen MR) is 85.6 cm³/mol. The number of carbonyl (C=O) groups excluding carboxylic acids is 1. The minimum absolute atomic E-state index is 0. The molecule has 0 spiro atoms. The summed E-state index contributed by atoms with van der Waals surface area (Å²) in [6.07, 6.45) is -2.97. The third-order valence-electron chi connectivity index (χ3n) is 3.89. The normalized spacial score (nSPS) is 19.9. The van der Waals surface area contributed by atoms with Crippen LogP contribution in [0.2, 0.25) is 0 Å². The highest BCUT2D eigenvalue weighted by Gasteiger charge is 2.35. The van der Waals surface area contributed by atoms with E-state index >= 15 is 0 Å². The molecule has 1 aromatic carbocycles. The van der Waals surface area contributed by atoms with Crippen molar-refractivity contribution in [3.8, 4) is 0 Å². The topological polar surface area (TPSA) is 76.9 Å². The maximum absolute atomic E-state index is 12.7. The molecule has 3 rings (SSSR count). The van der Waals surface area contributed by atoms with Gasteiger partial charge in [0.1, 0.15) is 0 Å². The molecule has 0 aliphatic carbocycles. The Morgan fingerprint density at radius 2 is 1.92 bits per heavy atom. The molecule has 1 amide bonds. The number of carbonyl (C=O) groups is 1. The van der Waals surface area contributed by atoms with Crippen molar-refractivity contribution in [1.29, 1.82) is 0 Å². The van der Waals surface area contributed by atoms with Crippen LogP contribution in [0.5, 0.6) is 0 Å². The van der Waals surface area contributed by atoms with Crippen molar-refractivity contribution in [3.63, 3.8) is 0 Å². The van der Waals surface area contributed by atoms with E-state index < -0.39 is 17.8 Å². The number of oxime groups is 1. The smallest absolute Gasteiger partial charge is 0.382 e. The molecule has 0 saturated carbocycles. The van der Waals surface area contributed by atoms with Gasteiger partial charge < -0.3 is 15.9 Å². The molecule has 1 unspecified atom stereocenters. The lowest BCUT2D eigenvalue weighted by Crippen LogP contribution is -2.37. The van der Waals surface area contributed by atoms with Crippen molar-refractivity contribution in [2.75, 3.05) is 13.1 Å². The molecule has 2 aliphatic rings. The maximum atomic E-state index is 12.7. The second-order valence-corrected chi connectivity index (χ2v) is 5.45. The van der Waals surface area contributed by atoms with E-state index in [4.69, 9.17) is 4.84 Å². The molecule has 134 valence electrons. The minimum atomic E-state index is -4.40. The first-order valence-corrected chi connectivity index (χ1v) is 7.14. The second-order valence-electron chi connectivity index (χ2n) is 5.45. The van der Waals surface area contributed by atoms with Gasteiger partial charge in [-0.2, -0.15) is 13.2 Å². The molecule has 1 fully saturated rings. The quantitative estimate of drug-likeness (QED) is 0.872. The van der Waals surface area contributed by atoms with Crippen LogP contribution < -0.4 is 6.15 Å². The highest BCUT2D eigenvalue weighted by Crippen LogP contribution is 2.30. The Kier molecular flexibility index (Phi) is 6.62. The Morgan fingerprint density at radius 3 is 2.54 bits per heavy atom. The van der Waals surface area contributed by atoms with Crippen molar-refractivity contribution in [2.24, 2.45) is 5.16 Å². The lowest BCUT2D eigenvalue weighted by Gasteiger charge is -2.18. The van der Waals surface area contributed by atoms with Gasteiger partial charge in [0.15, 0.2) is 0 Å². The average Bonchev–Trinajstić information content (AvgIpc) is 3.17. The molecule has 3 N–H and O–H groups in total. The van der Waals surface area contributed by atoms with E-state index in [0.717, 1.165) is 25.0 Å². The van der Waals surface area contributed by atoms with E-state index in [1.54, 1.807) is 11.0 Å². The zero-order valence-electron chi connectivity index (χ0n) is 12.9. The van der Waals surface area contributed by atoms with E-state index in [1.165, 1.54) is 6.07 Å². The zero-order valence-corrected chi connectivity index (χ0v) is 13.7. The fourth-order valence-corrected chi connectivity index (χ4v) is 2.70. The molecule has 0 radical (unpaired) electrons. The van der Waals surface area contributed by atoms with Crippen molar-refractivity contribution in [1.82, 2.24) is 11.1 Å². The number of benzene rings is 1. The summed E-state index contributed by atoms with van der Waals surface area (Å²) >= 11 is 0. The number of nitrogens with zero attached hydrogens (tertiary/aromatic N) is 2. The largest absolute Gasteiger partial charge is 0.416 e. The van der Waals surface area contributed by atoms with Crippen LogP contribution in [0.4, 0.5) is 13.2 Å². The number of likely N-dealkylation sites (tertiary alicyclic amines) is 1. The van der Waals surface area contributed by atoms with Crippen LogP contribution in [0.25, 0.3) is 0 Å². The van der Waals surface area contributed by atoms with Gasteiger partial charge in [0.05, 0.1) is 11.3 Å². The molecular weight excluding hydrogens is 347 g/mol. The molecule has 0 bridgehead atoms. The number of alkyl halides is 3. The fraction of sp³-hybridized carbons (Fsp3) is 0.467. The van der Waals surface area contributed by atoms with Gasteiger partial charge in [0.2, 0.25) is 6.10 Å². The van der Waals surface area contributed by atoms with Crippen molar-refractivity contribution in [2.45, 2.75) is 31.5 Å². The summed E-state index contributed by atoms with van der Waals surface area (Å²) in [5.41, 5.74) is -0.0165. The van der Waals surface area contributed by atoms with Crippen molar-refractivity contribution >= 4 is 24.0 Å². The first-order valence-electron chi connectivity index (χ1n) is 7.14. The van der Waals surface area contributed by atoms with Crippen LogP contribution in [0, 0.1) is 0 Å². The van der Waals surface area contributed by atoms with Gasteiger partial charge in [-0.3, -0.25) is 4.79 Å². The predicted octanol–water partition coefficient (Wildman–Crippen LogP) is 3.40. The maximum Gasteiger partial charge on any atom is 0.416 e. The zero-order chi connectivity index (χ0) is 15.7. The SMILES string of the molecule is Cl.N.O=C(C1CC(c2cccc(C(F)(F)F)c2)=NO1)N1CCCC1. The summed E-state index contributed by atoms with van der Waals surface area (Å²) in [6.45, 7) is 1.41. The van der Waals surface area contributed by atoms with E-state index in [-0.39, 0.29) is 30.9 Å². The summed E-state index contributed by atoms with van der Waals surface area (Å²) in [6, 6.07) is 4.91. The number of hydrogen-bond donors (Lipinski definition) is 1. The minimum Gasteiger partial charge on any atom is -0.382 e. The van der Waals surface area contributed by atoms with E-state index in [9.17, 15) is 18.0 Å². The van der Waals surface area contributed by atoms with Crippen LogP contribution >= 0.6 is 12.4 Å². The molecule has 5 nitrogen and oxygen atoms in total. The number of amides is 1. The van der Waals surface area contributed by atoms with Gasteiger partial charge >= 0.3 is 6.18 Å². The summed E-state index contributed by atoms with van der Waals surface area (Å²) in [5.74, 6) is -0.136. The van der Waals surface area contributed by atoms with Crippen LogP contribution in [-0.2, 0) is 15.8 Å². The number of hydrogen-bond acceptors (Lipinski definition) is 4. The highest BCUT2D eigenvalue weighted by molar-refractivity contribution is 6.04. The summed E-state index contributed by atoms with van der Waals surface area (Å²) in [4.78, 5) is 19.1. The molecule has 1 saturated heterocycles. The fourth-order valence-electron chi connectivity index (χ4n) is 2.70. The average molecular weight is 366 g/mol. The second kappa shape index (κ2) is 7.85. The van der Waals surface area contributed by atoms with Gasteiger partial charge in [0, 0.05) is 25.1 Å². The number of halogens is 4. The summed E-state index contributed by atoms with van der Waals surface area (Å²) in [5, 5.41) is 3.80. The first-order chi connectivity index (χ1) is 10.4. The summed E-state index contributed by atoms with van der Waals surface area (Å²) in [7, 11) is 0. The Morgan fingerprint density at radius 1 is 1.25 bits per heavy atom. The monoisotopic (exact) mass is 365 g/mol. The highest BCUT2D eigenvalue weighted by atomic mass is 35.5. The molecular formula is C15H19ClF3N3O2. The lowest BCUT2D eigenvalue weighted by atomic mass is 10.0. The molecule has 1 atom stereocenters. The van der Waals surface area contributed by atoms with Crippen molar-refractivity contribution < 1.29 is 22.8 Å². The third kappa shape index (κ3) is 4.18. The standard InChI is InChI=1S/C15H15F3N2O2.ClH.H3N/c16-15(17,18)11-5-3-4-10(8-11)12-9-13(22-19-12)14(21)20-6-1-2-7-20;;/h3-5,8,13H,1-2,6-7,9H2;1H;1H3. The van der Waals surface area contributed by atoms with Crippen molar-refractivity contribution in [3.05, 3.63) is 35.4 Å². The molecule has 24 heavy (non-hydrogen) atoms. The van der Waals surface area contributed by atoms with Crippen LogP contribution in [0.15, 0.2) is 29.4 Å². The van der Waals surface area contributed by atoms with E-state index in [2.05, 4.69) is 5.16 Å². The van der Waals surface area contributed by atoms with Gasteiger partial charge in [-0.1, -0.05) is 17.3 Å². The summed E-state index contributed by atoms with van der Waals surface area (Å²) < 4.78 is 38.2. The van der Waals surface area contributed by atoms with Crippen LogP contribution in [-0.4, -0.2) is 35.7 Å². The molecule has 2 aliphatic heterocycles. The van der Waals surface area contributed by atoms with Crippen LogP contribution in [0.1, 0.15) is 30.4 Å². The molecule has 1 aromatic rings. The van der Waals surface area contributed by atoms with E-state index in [1.807, 2.05) is 0 Å². The molecule has 0 aromatic heterocycles. The van der Waals surface area contributed by atoms with Crippen LogP contribution in [0.3, 0.4) is 0 Å². The van der Waals surface area contributed by atoms with Gasteiger partial charge in [-0.25, -0.2) is 0 Å². The lowest BCUT2D eigenvalue weighted by molar-refractivity contribution is -0.141. The van der Waals surface area contributed by atoms with Gasteiger partial charge in [-0.05, 0) is 25.0 Å². The Hall–Kier alpha value is -1.80. The van der Waals surface area contributed by atoms with Gasteiger partial charge in [-0.15, -0.1) is 12.4 Å². The van der Waals surface area contributed by atoms with E-state index in [0.29, 0.717) is 24.4 Å². The molecule has 2 heterocycles. The Bertz CT molecular complexity index is 616. The third-order valence-corrected chi connectivity index (χ3v) is 3.89. The Balaban J connectivity index is 0.00000144. The Labute approximate surface area is 143 Å². The first kappa shape index (κ1) is 20.2. The number of rotatable bonds is 2. The van der Waals surface area contributed by atoms with Gasteiger partial charge in [0.25, 0.3) is 5.91 Å².